The highest BCUT2D eigenvalue weighted by atomic mass is 16.5. The number of allylic oxidation sites excluding steroid dienone is 1. The molecule has 0 aliphatic rings. The largest absolute Gasteiger partial charge is 0.496 e. The molecular weight excluding hydrogens is 542 g/mol. The van der Waals surface area contributed by atoms with E-state index >= 15 is 0 Å². The number of hydrogen-bond acceptors (Lipinski definition) is 7. The molecule has 0 saturated carbocycles. The van der Waals surface area contributed by atoms with Crippen molar-refractivity contribution in [1.29, 1.82) is 0 Å². The highest BCUT2D eigenvalue weighted by Crippen LogP contribution is 2.30. The molecule has 1 atom stereocenters. The lowest BCUT2D eigenvalue weighted by atomic mass is 10.1. The minimum atomic E-state index is -0.138. The zero-order valence-electron chi connectivity index (χ0n) is 27.7. The van der Waals surface area contributed by atoms with Gasteiger partial charge in [0.1, 0.15) is 34.9 Å². The van der Waals surface area contributed by atoms with Gasteiger partial charge in [-0.1, -0.05) is 40.2 Å². The van der Waals surface area contributed by atoms with Gasteiger partial charge in [0.25, 0.3) is 0 Å². The Bertz CT molecular complexity index is 1240. The SMILES string of the molecule is CC/C=C(/OC)c1ccc(C)nc1.CCC(C)C.CCOc1cccc(Oc2cc(OC(C)COC)cc(C(C)=O)c2)c1. The van der Waals surface area contributed by atoms with Gasteiger partial charge in [0, 0.05) is 42.3 Å². The van der Waals surface area contributed by atoms with Crippen LogP contribution in [-0.4, -0.2) is 44.3 Å². The van der Waals surface area contributed by atoms with E-state index in [1.165, 1.54) is 13.3 Å². The maximum Gasteiger partial charge on any atom is 0.160 e. The fourth-order valence-corrected chi connectivity index (χ4v) is 3.45. The van der Waals surface area contributed by atoms with E-state index in [9.17, 15) is 4.79 Å². The molecule has 236 valence electrons. The van der Waals surface area contributed by atoms with E-state index < -0.39 is 0 Å². The Balaban J connectivity index is 0.000000426. The van der Waals surface area contributed by atoms with E-state index in [0.29, 0.717) is 36.0 Å². The van der Waals surface area contributed by atoms with E-state index in [0.717, 1.165) is 35.1 Å². The zero-order chi connectivity index (χ0) is 32.2. The number of Topliss-reactive ketones (excluding diaryl/α,β-unsaturated/α-hetero) is 1. The molecule has 3 aromatic rings. The first-order valence-corrected chi connectivity index (χ1v) is 15.0. The van der Waals surface area contributed by atoms with E-state index in [4.69, 9.17) is 23.7 Å². The number of aromatic nitrogens is 1. The average Bonchev–Trinajstić information content (AvgIpc) is 2.97. The number of carbonyl (C=O) groups is 1. The first-order chi connectivity index (χ1) is 20.6. The summed E-state index contributed by atoms with van der Waals surface area (Å²) in [6, 6.07) is 16.5. The predicted molar refractivity (Wildman–Crippen MR) is 175 cm³/mol. The summed E-state index contributed by atoms with van der Waals surface area (Å²) >= 11 is 0. The molecule has 3 rings (SSSR count). The average molecular weight is 594 g/mol. The van der Waals surface area contributed by atoms with Gasteiger partial charge in [0.05, 0.1) is 20.3 Å². The summed E-state index contributed by atoms with van der Waals surface area (Å²) in [5.74, 6) is 4.17. The number of hydrogen-bond donors (Lipinski definition) is 0. The normalized spacial score (nSPS) is 11.4. The minimum Gasteiger partial charge on any atom is -0.496 e. The molecule has 0 amide bonds. The Morgan fingerprint density at radius 2 is 1.53 bits per heavy atom. The van der Waals surface area contributed by atoms with Crippen molar-refractivity contribution in [3.63, 3.8) is 0 Å². The smallest absolute Gasteiger partial charge is 0.160 e. The van der Waals surface area contributed by atoms with E-state index in [1.807, 2.05) is 63.4 Å². The van der Waals surface area contributed by atoms with Crippen LogP contribution in [0.4, 0.5) is 0 Å². The first-order valence-electron chi connectivity index (χ1n) is 15.0. The summed E-state index contributed by atoms with van der Waals surface area (Å²) in [7, 11) is 3.30. The van der Waals surface area contributed by atoms with Crippen LogP contribution in [0.15, 0.2) is 66.9 Å². The van der Waals surface area contributed by atoms with Crippen molar-refractivity contribution >= 4 is 11.5 Å². The summed E-state index contributed by atoms with van der Waals surface area (Å²) in [6.45, 7) is 17.1. The van der Waals surface area contributed by atoms with Crippen molar-refractivity contribution in [2.75, 3.05) is 27.4 Å². The molecule has 0 spiro atoms. The molecule has 0 saturated heterocycles. The third kappa shape index (κ3) is 15.3. The predicted octanol–water partition coefficient (Wildman–Crippen LogP) is 9.33. The maximum absolute atomic E-state index is 11.8. The van der Waals surface area contributed by atoms with Crippen molar-refractivity contribution in [1.82, 2.24) is 4.98 Å². The van der Waals surface area contributed by atoms with Gasteiger partial charge in [-0.2, -0.15) is 0 Å². The van der Waals surface area contributed by atoms with Crippen LogP contribution in [0.1, 0.15) is 82.9 Å². The van der Waals surface area contributed by atoms with E-state index in [1.54, 1.807) is 38.5 Å². The quantitative estimate of drug-likeness (QED) is 0.144. The molecule has 0 aliphatic heterocycles. The fraction of sp³-hybridized carbons (Fsp3) is 0.444. The van der Waals surface area contributed by atoms with E-state index in [-0.39, 0.29) is 11.9 Å². The van der Waals surface area contributed by atoms with Crippen molar-refractivity contribution in [3.8, 4) is 23.0 Å². The molecular formula is C36H51NO6. The first kappa shape index (κ1) is 37.2. The van der Waals surface area contributed by atoms with Crippen molar-refractivity contribution < 1.29 is 28.5 Å². The summed E-state index contributed by atoms with van der Waals surface area (Å²) in [5, 5.41) is 0. The molecule has 0 aliphatic carbocycles. The Morgan fingerprint density at radius 1 is 0.884 bits per heavy atom. The van der Waals surface area contributed by atoms with Crippen LogP contribution in [0.5, 0.6) is 23.0 Å². The zero-order valence-corrected chi connectivity index (χ0v) is 27.7. The third-order valence-electron chi connectivity index (χ3n) is 6.00. The number of pyridine rings is 1. The van der Waals surface area contributed by atoms with Crippen molar-refractivity contribution in [2.24, 2.45) is 5.92 Å². The van der Waals surface area contributed by atoms with Gasteiger partial charge in [-0.3, -0.25) is 9.78 Å². The van der Waals surface area contributed by atoms with Crippen LogP contribution in [-0.2, 0) is 9.47 Å². The monoisotopic (exact) mass is 593 g/mol. The number of ether oxygens (including phenoxy) is 5. The molecule has 0 radical (unpaired) electrons. The molecule has 1 unspecified atom stereocenters. The van der Waals surface area contributed by atoms with Gasteiger partial charge in [-0.15, -0.1) is 0 Å². The minimum absolute atomic E-state index is 0.0576. The topological polar surface area (TPSA) is 76.1 Å². The number of ketones is 1. The van der Waals surface area contributed by atoms with Gasteiger partial charge >= 0.3 is 0 Å². The van der Waals surface area contributed by atoms with Gasteiger partial charge in [0.2, 0.25) is 0 Å². The van der Waals surface area contributed by atoms with Crippen LogP contribution in [0.2, 0.25) is 0 Å². The second kappa shape index (κ2) is 20.9. The number of nitrogens with zero attached hydrogens (tertiary/aromatic N) is 1. The van der Waals surface area contributed by atoms with Crippen LogP contribution in [0.3, 0.4) is 0 Å². The fourth-order valence-electron chi connectivity index (χ4n) is 3.45. The van der Waals surface area contributed by atoms with Gasteiger partial charge in [-0.05, 0) is 82.5 Å². The summed E-state index contributed by atoms with van der Waals surface area (Å²) in [4.78, 5) is 16.0. The van der Waals surface area contributed by atoms with Gasteiger partial charge in [0.15, 0.2) is 5.78 Å². The van der Waals surface area contributed by atoms with Gasteiger partial charge in [-0.25, -0.2) is 0 Å². The van der Waals surface area contributed by atoms with Crippen molar-refractivity contribution in [2.45, 2.75) is 74.3 Å². The van der Waals surface area contributed by atoms with Crippen LogP contribution < -0.4 is 14.2 Å². The summed E-state index contributed by atoms with van der Waals surface area (Å²) < 4.78 is 27.5. The highest BCUT2D eigenvalue weighted by molar-refractivity contribution is 5.94. The second-order valence-electron chi connectivity index (χ2n) is 10.3. The number of benzene rings is 2. The highest BCUT2D eigenvalue weighted by Gasteiger charge is 2.11. The molecule has 7 nitrogen and oxygen atoms in total. The Labute approximate surface area is 259 Å². The summed E-state index contributed by atoms with van der Waals surface area (Å²) in [6.07, 6.45) is 6.02. The number of aryl methyl sites for hydroxylation is 1. The van der Waals surface area contributed by atoms with E-state index in [2.05, 4.69) is 32.7 Å². The third-order valence-corrected chi connectivity index (χ3v) is 6.00. The standard InChI is InChI=1S/C20H24O5.C11H15NO.C5H12/c1-5-23-17-7-6-8-18(11-17)25-20-10-16(15(3)21)9-19(12-20)24-14(2)13-22-4;1-4-5-11(13-3)10-7-6-9(2)12-8-10;1-4-5(2)3/h6-12,14H,5,13H2,1-4H3;5-8H,4H2,1-3H3;5H,4H2,1-3H3/b;11-5+;. The Hall–Kier alpha value is -3.84. The lowest BCUT2D eigenvalue weighted by Gasteiger charge is -2.16. The molecule has 43 heavy (non-hydrogen) atoms. The van der Waals surface area contributed by atoms with Crippen molar-refractivity contribution in [3.05, 3.63) is 83.7 Å². The van der Waals surface area contributed by atoms with Gasteiger partial charge < -0.3 is 23.7 Å². The van der Waals surface area contributed by atoms with Crippen LogP contribution >= 0.6 is 0 Å². The Morgan fingerprint density at radius 3 is 2.07 bits per heavy atom. The van der Waals surface area contributed by atoms with Crippen LogP contribution in [0.25, 0.3) is 5.76 Å². The molecule has 2 aromatic carbocycles. The molecule has 0 bridgehead atoms. The Kier molecular flexibility index (Phi) is 18.1. The lowest BCUT2D eigenvalue weighted by Crippen LogP contribution is -2.18. The molecule has 0 fully saturated rings. The molecule has 7 heteroatoms. The lowest BCUT2D eigenvalue weighted by molar-refractivity contribution is 0.0915. The molecule has 1 aromatic heterocycles. The molecule has 1 heterocycles. The molecule has 0 N–H and O–H groups in total. The second-order valence-corrected chi connectivity index (χ2v) is 10.3. The summed E-state index contributed by atoms with van der Waals surface area (Å²) in [5.41, 5.74) is 2.59. The number of rotatable bonds is 13. The van der Waals surface area contributed by atoms with Crippen LogP contribution in [0, 0.1) is 12.8 Å². The maximum atomic E-state index is 11.8. The number of methoxy groups -OCH3 is 2. The number of carbonyl (C=O) groups excluding carboxylic acids is 1.